The third-order valence-corrected chi connectivity index (χ3v) is 17.3. The topological polar surface area (TPSA) is 0 Å². The highest BCUT2D eigenvalue weighted by Crippen LogP contribution is 2.61. The van der Waals surface area contributed by atoms with Crippen LogP contribution < -0.4 is 0 Å². The van der Waals surface area contributed by atoms with Crippen LogP contribution in [0, 0.1) is 0 Å². The first-order valence-electron chi connectivity index (χ1n) is 25.7. The van der Waals surface area contributed by atoms with Crippen molar-refractivity contribution < 1.29 is 0 Å². The number of benzene rings is 10. The molecule has 0 radical (unpaired) electrons. The molecular formula is C70H60. The molecule has 340 valence electrons. The molecule has 0 saturated heterocycles. The third kappa shape index (κ3) is 6.49. The van der Waals surface area contributed by atoms with Gasteiger partial charge < -0.3 is 0 Å². The molecular weight excluding hydrogens is 841 g/mol. The van der Waals surface area contributed by atoms with Gasteiger partial charge in [0.05, 0.1) is 0 Å². The average Bonchev–Trinajstić information content (AvgIpc) is 3.86. The lowest BCUT2D eigenvalue weighted by molar-refractivity contribution is 0.647. The molecule has 10 aromatic carbocycles. The molecule has 3 aliphatic rings. The van der Waals surface area contributed by atoms with Crippen molar-refractivity contribution in [1.82, 2.24) is 0 Å². The Bertz CT molecular complexity index is 3640. The molecule has 0 nitrogen and oxygen atoms in total. The SMILES string of the molecule is CC1(C)c2cc3c(cc2-c2cc4c(cc21)-c1c(cc(CC(c2ccccc2)c2ccccc2)c2ccccc12)C4(C)C)C(C)(C)c1cc(CC(Cc2ccccc2)c2ccccc2)c2ccccc2c1-3. The van der Waals surface area contributed by atoms with E-state index in [1.54, 1.807) is 0 Å². The standard InChI is InChI=1S/C70H60/c1-68(2)60-42-58-62(69(3,4)64-38-49(51-31-19-21-33-53(51)66(58)64)36-48(45-25-13-8-14-26-45)35-44-23-11-7-12-24-44)40-56(60)57-41-63-59(43-61(57)68)67-54-34-22-20-32-52(54)50(39-65(67)70(63,5)6)37-55(46-27-15-9-16-28-46)47-29-17-10-18-30-47/h7-34,38-43,48,55H,35-37H2,1-6H3. The normalized spacial score (nSPS) is 15.6. The molecule has 0 spiro atoms. The summed E-state index contributed by atoms with van der Waals surface area (Å²) >= 11 is 0. The quantitative estimate of drug-likeness (QED) is 0.135. The first-order chi connectivity index (χ1) is 34.0. The Hall–Kier alpha value is -7.28. The minimum Gasteiger partial charge on any atom is -0.0622 e. The van der Waals surface area contributed by atoms with Gasteiger partial charge in [-0.3, -0.25) is 0 Å². The van der Waals surface area contributed by atoms with Gasteiger partial charge in [-0.2, -0.15) is 0 Å². The summed E-state index contributed by atoms with van der Waals surface area (Å²) in [7, 11) is 0. The minimum atomic E-state index is -0.182. The number of fused-ring (bicyclic) bond motifs is 13. The van der Waals surface area contributed by atoms with Crippen molar-refractivity contribution in [2.45, 2.75) is 88.9 Å². The van der Waals surface area contributed by atoms with Gasteiger partial charge in [0.15, 0.2) is 0 Å². The van der Waals surface area contributed by atoms with Gasteiger partial charge >= 0.3 is 0 Å². The Kier molecular flexibility index (Phi) is 9.71. The first kappa shape index (κ1) is 42.8. The second kappa shape index (κ2) is 15.9. The second-order valence-electron chi connectivity index (χ2n) is 22.3. The Balaban J connectivity index is 0.925. The van der Waals surface area contributed by atoms with Crippen molar-refractivity contribution in [1.29, 1.82) is 0 Å². The lowest BCUT2D eigenvalue weighted by Gasteiger charge is -2.25. The zero-order chi connectivity index (χ0) is 47.5. The molecule has 0 heterocycles. The van der Waals surface area contributed by atoms with Crippen LogP contribution >= 0.6 is 0 Å². The van der Waals surface area contributed by atoms with Crippen molar-refractivity contribution in [3.63, 3.8) is 0 Å². The molecule has 0 aromatic heterocycles. The second-order valence-corrected chi connectivity index (χ2v) is 22.3. The largest absolute Gasteiger partial charge is 0.0622 e. The fourth-order valence-corrected chi connectivity index (χ4v) is 13.6. The van der Waals surface area contributed by atoms with Gasteiger partial charge in [0, 0.05) is 22.2 Å². The Morgan fingerprint density at radius 1 is 0.300 bits per heavy atom. The minimum absolute atomic E-state index is 0.175. The van der Waals surface area contributed by atoms with E-state index in [2.05, 4.69) is 248 Å². The van der Waals surface area contributed by atoms with Crippen LogP contribution in [-0.2, 0) is 35.5 Å². The predicted molar refractivity (Wildman–Crippen MR) is 296 cm³/mol. The monoisotopic (exact) mass is 900 g/mol. The van der Waals surface area contributed by atoms with Crippen molar-refractivity contribution in [2.24, 2.45) is 0 Å². The van der Waals surface area contributed by atoms with Crippen LogP contribution in [0.5, 0.6) is 0 Å². The predicted octanol–water partition coefficient (Wildman–Crippen LogP) is 17.9. The molecule has 3 aliphatic carbocycles. The number of hydrogen-bond donors (Lipinski definition) is 0. The molecule has 13 rings (SSSR count). The summed E-state index contributed by atoms with van der Waals surface area (Å²) in [5.41, 5.74) is 25.0. The molecule has 1 atom stereocenters. The van der Waals surface area contributed by atoms with Gasteiger partial charge in [0.2, 0.25) is 0 Å². The molecule has 1 unspecified atom stereocenters. The zero-order valence-corrected chi connectivity index (χ0v) is 41.4. The van der Waals surface area contributed by atoms with Crippen molar-refractivity contribution in [2.75, 3.05) is 0 Å². The van der Waals surface area contributed by atoms with E-state index in [1.165, 1.54) is 122 Å². The lowest BCUT2D eigenvalue weighted by Crippen LogP contribution is -2.17. The summed E-state index contributed by atoms with van der Waals surface area (Å²) in [5.74, 6) is 0.615. The number of rotatable bonds is 9. The van der Waals surface area contributed by atoms with E-state index in [1.807, 2.05) is 0 Å². The molecule has 70 heavy (non-hydrogen) atoms. The average molecular weight is 901 g/mol. The van der Waals surface area contributed by atoms with Crippen molar-refractivity contribution in [3.05, 3.63) is 273 Å². The Labute approximate surface area is 414 Å². The molecule has 0 saturated carbocycles. The van der Waals surface area contributed by atoms with E-state index in [4.69, 9.17) is 0 Å². The fraction of sp³-hybridized carbons (Fsp3) is 0.200. The maximum absolute atomic E-state index is 2.62. The number of hydrogen-bond acceptors (Lipinski definition) is 0. The highest BCUT2D eigenvalue weighted by Gasteiger charge is 2.45. The van der Waals surface area contributed by atoms with Crippen LogP contribution in [0.4, 0.5) is 0 Å². The van der Waals surface area contributed by atoms with E-state index < -0.39 is 0 Å². The lowest BCUT2D eigenvalue weighted by atomic mass is 9.78. The molecule has 0 aliphatic heterocycles. The summed E-state index contributed by atoms with van der Waals surface area (Å²) in [5, 5.41) is 5.49. The first-order valence-corrected chi connectivity index (χ1v) is 25.7. The third-order valence-electron chi connectivity index (χ3n) is 17.3. The van der Waals surface area contributed by atoms with Gasteiger partial charge in [-0.15, -0.1) is 0 Å². The van der Waals surface area contributed by atoms with Crippen LogP contribution in [0.3, 0.4) is 0 Å². The van der Waals surface area contributed by atoms with Gasteiger partial charge in [0.25, 0.3) is 0 Å². The summed E-state index contributed by atoms with van der Waals surface area (Å²) in [4.78, 5) is 0. The van der Waals surface area contributed by atoms with Crippen molar-refractivity contribution in [3.8, 4) is 33.4 Å². The Morgan fingerprint density at radius 2 is 0.643 bits per heavy atom. The summed E-state index contributed by atoms with van der Waals surface area (Å²) in [6.07, 6.45) is 2.93. The van der Waals surface area contributed by atoms with Crippen LogP contribution in [0.1, 0.15) is 120 Å². The molecule has 0 heteroatoms. The summed E-state index contributed by atoms with van der Waals surface area (Å²) in [6, 6.07) is 78.7. The smallest absolute Gasteiger partial charge is 0.0159 e. The van der Waals surface area contributed by atoms with Crippen molar-refractivity contribution >= 4 is 21.5 Å². The highest BCUT2D eigenvalue weighted by molar-refractivity contribution is 6.07. The van der Waals surface area contributed by atoms with Crippen LogP contribution in [0.2, 0.25) is 0 Å². The van der Waals surface area contributed by atoms with Gasteiger partial charge in [0.1, 0.15) is 0 Å². The molecule has 0 amide bonds. The molecule has 0 fully saturated rings. The van der Waals surface area contributed by atoms with Crippen LogP contribution in [0.25, 0.3) is 54.9 Å². The van der Waals surface area contributed by atoms with Gasteiger partial charge in [-0.25, -0.2) is 0 Å². The van der Waals surface area contributed by atoms with Gasteiger partial charge in [-0.05, 0) is 171 Å². The Morgan fingerprint density at radius 3 is 1.10 bits per heavy atom. The highest BCUT2D eigenvalue weighted by atomic mass is 14.5. The van der Waals surface area contributed by atoms with E-state index in [9.17, 15) is 0 Å². The van der Waals surface area contributed by atoms with E-state index in [0.29, 0.717) is 5.92 Å². The molecule has 10 aromatic rings. The molecule has 0 bridgehead atoms. The summed E-state index contributed by atoms with van der Waals surface area (Å²) in [6.45, 7) is 14.9. The fourth-order valence-electron chi connectivity index (χ4n) is 13.6. The van der Waals surface area contributed by atoms with E-state index in [-0.39, 0.29) is 22.2 Å². The van der Waals surface area contributed by atoms with Crippen LogP contribution in [0.15, 0.2) is 206 Å². The zero-order valence-electron chi connectivity index (χ0n) is 41.4. The maximum atomic E-state index is 2.62. The van der Waals surface area contributed by atoms with Gasteiger partial charge in [-0.1, -0.05) is 224 Å². The van der Waals surface area contributed by atoms with E-state index >= 15 is 0 Å². The van der Waals surface area contributed by atoms with E-state index in [0.717, 1.165) is 19.3 Å². The summed E-state index contributed by atoms with van der Waals surface area (Å²) < 4.78 is 0. The molecule has 0 N–H and O–H groups in total. The maximum Gasteiger partial charge on any atom is 0.0159 e. The van der Waals surface area contributed by atoms with Crippen LogP contribution in [-0.4, -0.2) is 0 Å².